The summed E-state index contributed by atoms with van der Waals surface area (Å²) in [6.45, 7) is 0. The van der Waals surface area contributed by atoms with E-state index in [0.29, 0.717) is 11.5 Å². The monoisotopic (exact) mass is 186 g/mol. The number of carbonyl (C=O) groups excluding carboxylic acids is 1. The number of aromatic nitrogens is 2. The number of aromatic amines is 1. The molecule has 3 rings (SSSR count). The summed E-state index contributed by atoms with van der Waals surface area (Å²) in [5.41, 5.74) is 2.45. The molecule has 3 heteroatoms. The molecule has 0 aliphatic heterocycles. The van der Waals surface area contributed by atoms with Crippen LogP contribution in [0.2, 0.25) is 0 Å². The summed E-state index contributed by atoms with van der Waals surface area (Å²) >= 11 is 0. The average Bonchev–Trinajstić information content (AvgIpc) is 2.97. The van der Waals surface area contributed by atoms with E-state index in [1.54, 1.807) is 6.07 Å². The molecule has 0 saturated heterocycles. The predicted octanol–water partition coefficient (Wildman–Crippen LogP) is 2.25. The minimum atomic E-state index is 0.599. The van der Waals surface area contributed by atoms with Crippen LogP contribution in [0.5, 0.6) is 0 Å². The van der Waals surface area contributed by atoms with Gasteiger partial charge in [0, 0.05) is 11.5 Å². The number of hydrogen-bond donors (Lipinski definition) is 1. The van der Waals surface area contributed by atoms with Gasteiger partial charge in [0.25, 0.3) is 0 Å². The number of benzene rings is 1. The van der Waals surface area contributed by atoms with Crippen LogP contribution in [0.15, 0.2) is 18.2 Å². The van der Waals surface area contributed by atoms with E-state index in [1.165, 1.54) is 12.8 Å². The number of hydrogen-bond acceptors (Lipinski definition) is 2. The average molecular weight is 186 g/mol. The van der Waals surface area contributed by atoms with Crippen molar-refractivity contribution in [2.75, 3.05) is 0 Å². The molecule has 0 unspecified atom stereocenters. The number of imidazole rings is 1. The van der Waals surface area contributed by atoms with Gasteiger partial charge in [0.15, 0.2) is 6.29 Å². The first-order chi connectivity index (χ1) is 6.88. The topological polar surface area (TPSA) is 45.8 Å². The Morgan fingerprint density at radius 2 is 2.29 bits per heavy atom. The lowest BCUT2D eigenvalue weighted by Crippen LogP contribution is -1.82. The highest BCUT2D eigenvalue weighted by Gasteiger charge is 2.26. The lowest BCUT2D eigenvalue weighted by molar-refractivity contribution is 0.112. The van der Waals surface area contributed by atoms with E-state index in [4.69, 9.17) is 0 Å². The summed E-state index contributed by atoms with van der Waals surface area (Å²) in [6, 6.07) is 5.63. The summed E-state index contributed by atoms with van der Waals surface area (Å²) < 4.78 is 0. The zero-order valence-electron chi connectivity index (χ0n) is 7.66. The van der Waals surface area contributed by atoms with E-state index in [9.17, 15) is 4.79 Å². The molecule has 0 atom stereocenters. The van der Waals surface area contributed by atoms with E-state index in [0.717, 1.165) is 23.1 Å². The maximum Gasteiger partial charge on any atom is 0.152 e. The summed E-state index contributed by atoms with van der Waals surface area (Å²) in [5.74, 6) is 1.64. The maximum atomic E-state index is 10.8. The van der Waals surface area contributed by atoms with Gasteiger partial charge in [0.1, 0.15) is 5.82 Å². The molecule has 1 fully saturated rings. The number of nitrogens with one attached hydrogen (secondary N) is 1. The Kier molecular flexibility index (Phi) is 1.48. The molecule has 3 nitrogen and oxygen atoms in total. The molecule has 1 aromatic carbocycles. The minimum Gasteiger partial charge on any atom is -0.342 e. The van der Waals surface area contributed by atoms with E-state index in [1.807, 2.05) is 12.1 Å². The first-order valence-electron chi connectivity index (χ1n) is 4.82. The Bertz CT molecular complexity index is 497. The molecule has 14 heavy (non-hydrogen) atoms. The number of nitrogens with zero attached hydrogens (tertiary/aromatic N) is 1. The Labute approximate surface area is 81.2 Å². The second-order valence-corrected chi connectivity index (χ2v) is 3.76. The van der Waals surface area contributed by atoms with Crippen molar-refractivity contribution in [1.82, 2.24) is 9.97 Å². The molecule has 1 aliphatic rings. The van der Waals surface area contributed by atoms with Crippen LogP contribution in [-0.2, 0) is 0 Å². The molecular formula is C11H10N2O. The molecule has 2 aromatic rings. The largest absolute Gasteiger partial charge is 0.342 e. The number of para-hydroxylation sites is 1. The van der Waals surface area contributed by atoms with E-state index in [2.05, 4.69) is 9.97 Å². The number of H-pyrrole nitrogens is 1. The SMILES string of the molecule is O=Cc1cccc2[nH]c(C3CC3)nc12. The third-order valence-corrected chi connectivity index (χ3v) is 2.65. The summed E-state index contributed by atoms with van der Waals surface area (Å²) in [6.07, 6.45) is 3.30. The number of rotatable bonds is 2. The molecule has 0 amide bonds. The van der Waals surface area contributed by atoms with Crippen LogP contribution >= 0.6 is 0 Å². The zero-order valence-corrected chi connectivity index (χ0v) is 7.66. The van der Waals surface area contributed by atoms with Crippen molar-refractivity contribution in [1.29, 1.82) is 0 Å². The second-order valence-electron chi connectivity index (χ2n) is 3.76. The minimum absolute atomic E-state index is 0.599. The van der Waals surface area contributed by atoms with Crippen molar-refractivity contribution >= 4 is 17.3 Å². The highest BCUT2D eigenvalue weighted by atomic mass is 16.1. The number of aldehydes is 1. The first-order valence-corrected chi connectivity index (χ1v) is 4.82. The van der Waals surface area contributed by atoms with Crippen molar-refractivity contribution in [2.24, 2.45) is 0 Å². The van der Waals surface area contributed by atoms with E-state index < -0.39 is 0 Å². The first kappa shape index (κ1) is 7.74. The molecule has 1 heterocycles. The van der Waals surface area contributed by atoms with Crippen LogP contribution in [-0.4, -0.2) is 16.3 Å². The molecule has 0 spiro atoms. The third kappa shape index (κ3) is 1.05. The normalized spacial score (nSPS) is 16.0. The van der Waals surface area contributed by atoms with Gasteiger partial charge in [-0.25, -0.2) is 4.98 Å². The van der Waals surface area contributed by atoms with Gasteiger partial charge in [-0.2, -0.15) is 0 Å². The van der Waals surface area contributed by atoms with Crippen LogP contribution < -0.4 is 0 Å². The highest BCUT2D eigenvalue weighted by molar-refractivity contribution is 5.94. The van der Waals surface area contributed by atoms with Gasteiger partial charge in [-0.15, -0.1) is 0 Å². The molecule has 1 saturated carbocycles. The van der Waals surface area contributed by atoms with Crippen molar-refractivity contribution in [2.45, 2.75) is 18.8 Å². The van der Waals surface area contributed by atoms with Crippen LogP contribution in [0.1, 0.15) is 34.9 Å². The van der Waals surface area contributed by atoms with Gasteiger partial charge in [0.2, 0.25) is 0 Å². The molecule has 70 valence electrons. The molecule has 1 aromatic heterocycles. The van der Waals surface area contributed by atoms with Gasteiger partial charge in [-0.3, -0.25) is 4.79 Å². The Balaban J connectivity index is 2.25. The molecular weight excluding hydrogens is 176 g/mol. The lowest BCUT2D eigenvalue weighted by atomic mass is 10.2. The summed E-state index contributed by atoms with van der Waals surface area (Å²) in [5, 5.41) is 0. The van der Waals surface area contributed by atoms with Crippen molar-refractivity contribution in [3.05, 3.63) is 29.6 Å². The van der Waals surface area contributed by atoms with Crippen molar-refractivity contribution in [3.8, 4) is 0 Å². The van der Waals surface area contributed by atoms with Gasteiger partial charge < -0.3 is 4.98 Å². The Morgan fingerprint density at radius 1 is 1.43 bits per heavy atom. The van der Waals surface area contributed by atoms with Crippen LogP contribution in [0.3, 0.4) is 0 Å². The number of fused-ring (bicyclic) bond motifs is 1. The van der Waals surface area contributed by atoms with Gasteiger partial charge in [-0.1, -0.05) is 6.07 Å². The van der Waals surface area contributed by atoms with Gasteiger partial charge in [-0.05, 0) is 25.0 Å². The maximum absolute atomic E-state index is 10.8. The summed E-state index contributed by atoms with van der Waals surface area (Å²) in [7, 11) is 0. The highest BCUT2D eigenvalue weighted by Crippen LogP contribution is 2.39. The van der Waals surface area contributed by atoms with Gasteiger partial charge >= 0.3 is 0 Å². The van der Waals surface area contributed by atoms with Crippen LogP contribution in [0.25, 0.3) is 11.0 Å². The number of carbonyl (C=O) groups is 1. The molecule has 1 N–H and O–H groups in total. The molecule has 0 radical (unpaired) electrons. The standard InChI is InChI=1S/C11H10N2O/c14-6-8-2-1-3-9-10(8)13-11(12-9)7-4-5-7/h1-3,6-7H,4-5H2,(H,12,13). The lowest BCUT2D eigenvalue weighted by Gasteiger charge is -1.89. The predicted molar refractivity (Wildman–Crippen MR) is 53.5 cm³/mol. The van der Waals surface area contributed by atoms with Crippen LogP contribution in [0, 0.1) is 0 Å². The second kappa shape index (κ2) is 2.67. The van der Waals surface area contributed by atoms with Crippen molar-refractivity contribution < 1.29 is 4.79 Å². The zero-order chi connectivity index (χ0) is 9.54. The smallest absolute Gasteiger partial charge is 0.152 e. The molecule has 0 bridgehead atoms. The van der Waals surface area contributed by atoms with E-state index in [-0.39, 0.29) is 0 Å². The molecule has 1 aliphatic carbocycles. The third-order valence-electron chi connectivity index (χ3n) is 2.65. The fraction of sp³-hybridized carbons (Fsp3) is 0.273. The Morgan fingerprint density at radius 3 is 3.00 bits per heavy atom. The van der Waals surface area contributed by atoms with Crippen molar-refractivity contribution in [3.63, 3.8) is 0 Å². The fourth-order valence-corrected chi connectivity index (χ4v) is 1.72. The fourth-order valence-electron chi connectivity index (χ4n) is 1.72. The quantitative estimate of drug-likeness (QED) is 0.731. The van der Waals surface area contributed by atoms with E-state index >= 15 is 0 Å². The van der Waals surface area contributed by atoms with Crippen LogP contribution in [0.4, 0.5) is 0 Å². The Hall–Kier alpha value is -1.64. The summed E-state index contributed by atoms with van der Waals surface area (Å²) in [4.78, 5) is 18.5. The van der Waals surface area contributed by atoms with Gasteiger partial charge in [0.05, 0.1) is 11.0 Å².